The van der Waals surface area contributed by atoms with Gasteiger partial charge in [-0.05, 0) is 31.6 Å². The number of rotatable bonds is 4. The molecule has 0 atom stereocenters. The molecule has 2 heterocycles. The molecule has 0 aromatic heterocycles. The molecule has 0 amide bonds. The van der Waals surface area contributed by atoms with Crippen molar-refractivity contribution in [2.45, 2.75) is 38.5 Å². The van der Waals surface area contributed by atoms with Crippen LogP contribution in [0.25, 0.3) is 0 Å². The zero-order valence-electron chi connectivity index (χ0n) is 12.3. The summed E-state index contributed by atoms with van der Waals surface area (Å²) in [6.07, 6.45) is 7.53. The van der Waals surface area contributed by atoms with Crippen LogP contribution in [0.3, 0.4) is 0 Å². The maximum absolute atomic E-state index is 12.5. The number of nitrogens with zero attached hydrogens (tertiary/aromatic N) is 3. The average molecular weight is 301 g/mol. The van der Waals surface area contributed by atoms with E-state index in [0.717, 1.165) is 31.8 Å². The molecule has 3 rings (SSSR count). The third kappa shape index (κ3) is 3.18. The van der Waals surface area contributed by atoms with Gasteiger partial charge in [0.25, 0.3) is 10.2 Å². The van der Waals surface area contributed by atoms with Gasteiger partial charge < -0.3 is 4.90 Å². The van der Waals surface area contributed by atoms with E-state index in [2.05, 4.69) is 4.90 Å². The fourth-order valence-corrected chi connectivity index (χ4v) is 5.45. The molecule has 2 saturated heterocycles. The van der Waals surface area contributed by atoms with Gasteiger partial charge in [-0.3, -0.25) is 0 Å². The highest BCUT2D eigenvalue weighted by atomic mass is 32.2. The minimum Gasteiger partial charge on any atom is -0.300 e. The minimum absolute atomic E-state index is 0.672. The van der Waals surface area contributed by atoms with Crippen LogP contribution in [0.5, 0.6) is 0 Å². The predicted octanol–water partition coefficient (Wildman–Crippen LogP) is 1.13. The van der Waals surface area contributed by atoms with E-state index in [0.29, 0.717) is 26.2 Å². The molecule has 0 aromatic carbocycles. The van der Waals surface area contributed by atoms with Crippen molar-refractivity contribution in [3.8, 4) is 0 Å². The zero-order valence-corrected chi connectivity index (χ0v) is 13.2. The van der Waals surface area contributed by atoms with E-state index in [1.807, 2.05) is 0 Å². The SMILES string of the molecule is O=S(=O)(N1CCCC1)N1CCN(CC2CCCC2)CC1. The molecule has 0 N–H and O–H groups in total. The fourth-order valence-electron chi connectivity index (χ4n) is 3.78. The fraction of sp³-hybridized carbons (Fsp3) is 1.00. The van der Waals surface area contributed by atoms with Gasteiger partial charge in [-0.25, -0.2) is 0 Å². The highest BCUT2D eigenvalue weighted by Crippen LogP contribution is 2.26. The van der Waals surface area contributed by atoms with Gasteiger partial charge in [0.05, 0.1) is 0 Å². The van der Waals surface area contributed by atoms with Crippen LogP contribution >= 0.6 is 0 Å². The maximum atomic E-state index is 12.5. The van der Waals surface area contributed by atoms with Crippen molar-refractivity contribution in [1.29, 1.82) is 0 Å². The first-order valence-electron chi connectivity index (χ1n) is 8.14. The van der Waals surface area contributed by atoms with Crippen molar-refractivity contribution in [1.82, 2.24) is 13.5 Å². The van der Waals surface area contributed by atoms with Gasteiger partial charge in [0, 0.05) is 45.8 Å². The zero-order chi connectivity index (χ0) is 14.0. The van der Waals surface area contributed by atoms with Gasteiger partial charge in [0.15, 0.2) is 0 Å². The normalized spacial score (nSPS) is 28.4. The molecule has 1 aliphatic carbocycles. The van der Waals surface area contributed by atoms with Crippen LogP contribution in [-0.2, 0) is 10.2 Å². The summed E-state index contributed by atoms with van der Waals surface area (Å²) in [5.41, 5.74) is 0. The Morgan fingerprint density at radius 2 is 1.30 bits per heavy atom. The highest BCUT2D eigenvalue weighted by Gasteiger charge is 2.34. The Kier molecular flexibility index (Phi) is 4.65. The van der Waals surface area contributed by atoms with Crippen molar-refractivity contribution >= 4 is 10.2 Å². The van der Waals surface area contributed by atoms with Crippen LogP contribution < -0.4 is 0 Å². The lowest BCUT2D eigenvalue weighted by Gasteiger charge is -2.36. The van der Waals surface area contributed by atoms with E-state index in [1.54, 1.807) is 8.61 Å². The van der Waals surface area contributed by atoms with Gasteiger partial charge in [-0.15, -0.1) is 0 Å². The minimum atomic E-state index is -3.17. The van der Waals surface area contributed by atoms with Crippen molar-refractivity contribution in [3.05, 3.63) is 0 Å². The first-order chi connectivity index (χ1) is 9.66. The quantitative estimate of drug-likeness (QED) is 0.782. The van der Waals surface area contributed by atoms with Crippen molar-refractivity contribution in [2.24, 2.45) is 5.92 Å². The second-order valence-corrected chi connectivity index (χ2v) is 8.39. The molecule has 0 bridgehead atoms. The van der Waals surface area contributed by atoms with E-state index in [9.17, 15) is 8.42 Å². The maximum Gasteiger partial charge on any atom is 0.282 e. The molecule has 0 radical (unpaired) electrons. The molecule has 3 aliphatic rings. The molecule has 3 fully saturated rings. The van der Waals surface area contributed by atoms with E-state index >= 15 is 0 Å². The molecule has 2 aliphatic heterocycles. The first kappa shape index (κ1) is 14.8. The summed E-state index contributed by atoms with van der Waals surface area (Å²) in [4.78, 5) is 2.46. The smallest absolute Gasteiger partial charge is 0.282 e. The molecule has 0 unspecified atom stereocenters. The molecule has 0 aromatic rings. The van der Waals surface area contributed by atoms with E-state index in [1.165, 1.54) is 32.2 Å². The average Bonchev–Trinajstić information content (AvgIpc) is 3.12. The molecule has 0 spiro atoms. The lowest BCUT2D eigenvalue weighted by molar-refractivity contribution is 0.161. The van der Waals surface area contributed by atoms with Crippen molar-refractivity contribution in [3.63, 3.8) is 0 Å². The van der Waals surface area contributed by atoms with E-state index in [-0.39, 0.29) is 0 Å². The summed E-state index contributed by atoms with van der Waals surface area (Å²) in [7, 11) is -3.17. The highest BCUT2D eigenvalue weighted by molar-refractivity contribution is 7.86. The lowest BCUT2D eigenvalue weighted by Crippen LogP contribution is -2.53. The third-order valence-electron chi connectivity index (χ3n) is 5.04. The molecule has 20 heavy (non-hydrogen) atoms. The van der Waals surface area contributed by atoms with Crippen LogP contribution in [0.2, 0.25) is 0 Å². The van der Waals surface area contributed by atoms with Gasteiger partial charge in [-0.1, -0.05) is 12.8 Å². The molecular formula is C14H27N3O2S. The van der Waals surface area contributed by atoms with Gasteiger partial charge in [0.2, 0.25) is 0 Å². The molecule has 1 saturated carbocycles. The lowest BCUT2D eigenvalue weighted by atomic mass is 10.1. The first-order valence-corrected chi connectivity index (χ1v) is 9.53. The summed E-state index contributed by atoms with van der Waals surface area (Å²) >= 11 is 0. The summed E-state index contributed by atoms with van der Waals surface area (Å²) in [6, 6.07) is 0. The van der Waals surface area contributed by atoms with Crippen LogP contribution in [0.4, 0.5) is 0 Å². The number of hydrogen-bond donors (Lipinski definition) is 0. The summed E-state index contributed by atoms with van der Waals surface area (Å²) < 4.78 is 28.3. The largest absolute Gasteiger partial charge is 0.300 e. The van der Waals surface area contributed by atoms with Gasteiger partial charge in [-0.2, -0.15) is 17.0 Å². The Balaban J connectivity index is 1.50. The molecular weight excluding hydrogens is 274 g/mol. The Labute approximate surface area is 123 Å². The Morgan fingerprint density at radius 1 is 0.750 bits per heavy atom. The van der Waals surface area contributed by atoms with Crippen LogP contribution in [0.15, 0.2) is 0 Å². The van der Waals surface area contributed by atoms with Crippen LogP contribution in [0.1, 0.15) is 38.5 Å². The van der Waals surface area contributed by atoms with E-state index < -0.39 is 10.2 Å². The summed E-state index contributed by atoms with van der Waals surface area (Å²) in [6.45, 7) is 5.76. The van der Waals surface area contributed by atoms with Gasteiger partial charge >= 0.3 is 0 Å². The third-order valence-corrected chi connectivity index (χ3v) is 7.08. The molecule has 5 nitrogen and oxygen atoms in total. The summed E-state index contributed by atoms with van der Waals surface area (Å²) in [5.74, 6) is 0.858. The monoisotopic (exact) mass is 301 g/mol. The Hall–Kier alpha value is -0.170. The Morgan fingerprint density at radius 3 is 1.90 bits per heavy atom. The van der Waals surface area contributed by atoms with Crippen molar-refractivity contribution in [2.75, 3.05) is 45.8 Å². The van der Waals surface area contributed by atoms with E-state index in [4.69, 9.17) is 0 Å². The number of piperazine rings is 1. The second kappa shape index (κ2) is 6.30. The van der Waals surface area contributed by atoms with Crippen LogP contribution in [0, 0.1) is 5.92 Å². The molecule has 6 heteroatoms. The Bertz CT molecular complexity index is 406. The second-order valence-electron chi connectivity index (χ2n) is 6.46. The topological polar surface area (TPSA) is 43.9 Å². The molecule has 116 valence electrons. The van der Waals surface area contributed by atoms with Crippen molar-refractivity contribution < 1.29 is 8.42 Å². The van der Waals surface area contributed by atoms with Crippen LogP contribution in [-0.4, -0.2) is 67.7 Å². The summed E-state index contributed by atoms with van der Waals surface area (Å²) in [5, 5.41) is 0. The number of hydrogen-bond acceptors (Lipinski definition) is 3. The van der Waals surface area contributed by atoms with Gasteiger partial charge in [0.1, 0.15) is 0 Å². The predicted molar refractivity (Wildman–Crippen MR) is 79.7 cm³/mol. The standard InChI is InChI=1S/C14H27N3O2S/c18-20(19,16-7-3-4-8-16)17-11-9-15(10-12-17)13-14-5-1-2-6-14/h14H,1-13H2.